The Balaban J connectivity index is 2.18. The molecular formula is C14H24N2S. The van der Waals surface area contributed by atoms with Crippen molar-refractivity contribution in [1.82, 2.24) is 10.3 Å². The molecular weight excluding hydrogens is 228 g/mol. The van der Waals surface area contributed by atoms with Crippen LogP contribution in [0.15, 0.2) is 11.6 Å². The van der Waals surface area contributed by atoms with Crippen LogP contribution in [-0.4, -0.2) is 11.0 Å². The molecule has 2 nitrogen and oxygen atoms in total. The molecule has 0 saturated heterocycles. The molecule has 2 atom stereocenters. The molecule has 0 aliphatic heterocycles. The van der Waals surface area contributed by atoms with Crippen molar-refractivity contribution in [2.75, 3.05) is 0 Å². The van der Waals surface area contributed by atoms with Crippen LogP contribution < -0.4 is 5.32 Å². The van der Waals surface area contributed by atoms with Gasteiger partial charge in [0.25, 0.3) is 0 Å². The summed E-state index contributed by atoms with van der Waals surface area (Å²) in [5.41, 5.74) is 0.130. The summed E-state index contributed by atoms with van der Waals surface area (Å²) in [5, 5.41) is 7.26. The van der Waals surface area contributed by atoms with Gasteiger partial charge in [0.05, 0.1) is 5.54 Å². The third-order valence-electron chi connectivity index (χ3n) is 3.90. The quantitative estimate of drug-likeness (QED) is 0.795. The maximum atomic E-state index is 4.58. The zero-order valence-corrected chi connectivity index (χ0v) is 12.0. The Kier molecular flexibility index (Phi) is 4.21. The second-order valence-electron chi connectivity index (χ2n) is 5.41. The fraction of sp³-hybridized carbons (Fsp3) is 0.786. The van der Waals surface area contributed by atoms with Gasteiger partial charge in [-0.1, -0.05) is 27.2 Å². The summed E-state index contributed by atoms with van der Waals surface area (Å²) in [6, 6.07) is 0.739. The van der Waals surface area contributed by atoms with Crippen LogP contribution in [0.3, 0.4) is 0 Å². The molecule has 2 rings (SSSR count). The second-order valence-corrected chi connectivity index (χ2v) is 6.30. The van der Waals surface area contributed by atoms with Crippen LogP contribution in [0.5, 0.6) is 0 Å². The van der Waals surface area contributed by atoms with Gasteiger partial charge in [0.1, 0.15) is 5.01 Å². The minimum atomic E-state index is 0.130. The summed E-state index contributed by atoms with van der Waals surface area (Å²) in [4.78, 5) is 4.58. The molecule has 0 spiro atoms. The van der Waals surface area contributed by atoms with Gasteiger partial charge < -0.3 is 5.32 Å². The highest BCUT2D eigenvalue weighted by Gasteiger charge is 2.38. The van der Waals surface area contributed by atoms with Gasteiger partial charge in [-0.15, -0.1) is 11.3 Å². The maximum Gasteiger partial charge on any atom is 0.113 e. The van der Waals surface area contributed by atoms with E-state index in [2.05, 4.69) is 36.5 Å². The Morgan fingerprint density at radius 2 is 2.29 bits per heavy atom. The summed E-state index contributed by atoms with van der Waals surface area (Å²) in [6.45, 7) is 6.93. The zero-order chi connectivity index (χ0) is 12.3. The highest BCUT2D eigenvalue weighted by Crippen LogP contribution is 2.37. The molecule has 17 heavy (non-hydrogen) atoms. The van der Waals surface area contributed by atoms with Crippen LogP contribution in [0.25, 0.3) is 0 Å². The van der Waals surface area contributed by atoms with E-state index in [1.165, 1.54) is 30.7 Å². The number of nitrogens with one attached hydrogen (secondary N) is 1. The molecule has 2 unspecified atom stereocenters. The van der Waals surface area contributed by atoms with Crippen LogP contribution in [0.4, 0.5) is 0 Å². The van der Waals surface area contributed by atoms with E-state index in [0.717, 1.165) is 18.4 Å². The van der Waals surface area contributed by atoms with Gasteiger partial charge in [0.2, 0.25) is 0 Å². The fourth-order valence-electron chi connectivity index (χ4n) is 2.42. The van der Waals surface area contributed by atoms with Crippen molar-refractivity contribution in [3.8, 4) is 0 Å². The zero-order valence-electron chi connectivity index (χ0n) is 11.2. The Hall–Kier alpha value is -0.410. The van der Waals surface area contributed by atoms with Crippen LogP contribution in [0, 0.1) is 5.92 Å². The number of thiazole rings is 1. The molecule has 1 N–H and O–H groups in total. The Morgan fingerprint density at radius 3 is 2.76 bits per heavy atom. The lowest BCUT2D eigenvalue weighted by molar-refractivity contribution is 0.246. The minimum Gasteiger partial charge on any atom is -0.303 e. The third-order valence-corrected chi connectivity index (χ3v) is 4.87. The summed E-state index contributed by atoms with van der Waals surface area (Å²) >= 11 is 1.80. The highest BCUT2D eigenvalue weighted by atomic mass is 32.1. The molecule has 0 amide bonds. The second kappa shape index (κ2) is 5.49. The number of hydrogen-bond acceptors (Lipinski definition) is 3. The van der Waals surface area contributed by atoms with E-state index in [-0.39, 0.29) is 5.54 Å². The van der Waals surface area contributed by atoms with Crippen LogP contribution in [0.2, 0.25) is 0 Å². The van der Waals surface area contributed by atoms with E-state index in [9.17, 15) is 0 Å². The third kappa shape index (κ3) is 3.08. The van der Waals surface area contributed by atoms with Crippen molar-refractivity contribution >= 4 is 11.3 Å². The van der Waals surface area contributed by atoms with Gasteiger partial charge in [0.15, 0.2) is 0 Å². The van der Waals surface area contributed by atoms with Crippen molar-refractivity contribution in [2.24, 2.45) is 5.92 Å². The molecule has 1 heterocycles. The Labute approximate surface area is 109 Å². The highest BCUT2D eigenvalue weighted by molar-refractivity contribution is 7.09. The van der Waals surface area contributed by atoms with E-state index in [4.69, 9.17) is 0 Å². The van der Waals surface area contributed by atoms with E-state index in [1.54, 1.807) is 11.3 Å². The lowest BCUT2D eigenvalue weighted by atomic mass is 9.85. The topological polar surface area (TPSA) is 24.9 Å². The average molecular weight is 252 g/mol. The first-order valence-corrected chi connectivity index (χ1v) is 7.75. The van der Waals surface area contributed by atoms with Gasteiger partial charge in [-0.05, 0) is 31.6 Å². The van der Waals surface area contributed by atoms with Gasteiger partial charge in [-0.2, -0.15) is 0 Å². The summed E-state index contributed by atoms with van der Waals surface area (Å²) in [5.74, 6) is 0.755. The lowest BCUT2D eigenvalue weighted by Gasteiger charge is -2.34. The van der Waals surface area contributed by atoms with Crippen LogP contribution >= 0.6 is 11.3 Å². The van der Waals surface area contributed by atoms with Crippen molar-refractivity contribution < 1.29 is 0 Å². The normalized spacial score (nSPS) is 21.1. The van der Waals surface area contributed by atoms with Crippen molar-refractivity contribution in [2.45, 2.75) is 64.5 Å². The van der Waals surface area contributed by atoms with Gasteiger partial charge >= 0.3 is 0 Å². The largest absolute Gasteiger partial charge is 0.303 e. The summed E-state index contributed by atoms with van der Waals surface area (Å²) < 4.78 is 0. The molecule has 1 aromatic heterocycles. The van der Waals surface area contributed by atoms with E-state index in [0.29, 0.717) is 0 Å². The molecule has 0 aromatic carbocycles. The predicted molar refractivity (Wildman–Crippen MR) is 74.3 cm³/mol. The molecule has 1 fully saturated rings. The SMILES string of the molecule is CCC(C)CC(CC)(NC1CC1)c1nccs1. The Bertz CT molecular complexity index is 332. The number of hydrogen-bond donors (Lipinski definition) is 1. The maximum absolute atomic E-state index is 4.58. The molecule has 0 radical (unpaired) electrons. The number of aromatic nitrogens is 1. The Morgan fingerprint density at radius 1 is 1.53 bits per heavy atom. The standard InChI is InChI=1S/C14H24N2S/c1-4-11(3)10-14(5-2,16-12-6-7-12)13-15-8-9-17-13/h8-9,11-12,16H,4-7,10H2,1-3H3. The first-order chi connectivity index (χ1) is 8.20. The number of nitrogens with zero attached hydrogens (tertiary/aromatic N) is 1. The first kappa shape index (κ1) is 13.0. The van der Waals surface area contributed by atoms with E-state index in [1.807, 2.05) is 6.20 Å². The molecule has 96 valence electrons. The summed E-state index contributed by atoms with van der Waals surface area (Å²) in [6.07, 6.45) is 8.22. The molecule has 1 saturated carbocycles. The molecule has 1 aliphatic carbocycles. The fourth-order valence-corrected chi connectivity index (χ4v) is 3.31. The van der Waals surface area contributed by atoms with Crippen molar-refractivity contribution in [1.29, 1.82) is 0 Å². The molecule has 3 heteroatoms. The van der Waals surface area contributed by atoms with E-state index >= 15 is 0 Å². The first-order valence-electron chi connectivity index (χ1n) is 6.88. The number of rotatable bonds is 7. The van der Waals surface area contributed by atoms with Gasteiger partial charge in [-0.3, -0.25) is 0 Å². The predicted octanol–water partition coefficient (Wildman–Crippen LogP) is 3.94. The lowest BCUT2D eigenvalue weighted by Crippen LogP contribution is -2.44. The van der Waals surface area contributed by atoms with Crippen LogP contribution in [-0.2, 0) is 5.54 Å². The van der Waals surface area contributed by atoms with E-state index < -0.39 is 0 Å². The molecule has 1 aromatic rings. The van der Waals surface area contributed by atoms with Gasteiger partial charge in [-0.25, -0.2) is 4.98 Å². The summed E-state index contributed by atoms with van der Waals surface area (Å²) in [7, 11) is 0. The van der Waals surface area contributed by atoms with Crippen molar-refractivity contribution in [3.05, 3.63) is 16.6 Å². The minimum absolute atomic E-state index is 0.130. The average Bonchev–Trinajstić information content (AvgIpc) is 2.97. The smallest absolute Gasteiger partial charge is 0.113 e. The monoisotopic (exact) mass is 252 g/mol. The van der Waals surface area contributed by atoms with Gasteiger partial charge in [0, 0.05) is 17.6 Å². The molecule has 1 aliphatic rings. The molecule has 0 bridgehead atoms. The van der Waals surface area contributed by atoms with Crippen molar-refractivity contribution in [3.63, 3.8) is 0 Å². The van der Waals surface area contributed by atoms with Crippen LogP contribution in [0.1, 0.15) is 57.9 Å².